The second-order valence-corrected chi connectivity index (χ2v) is 5.58. The molecule has 3 unspecified atom stereocenters. The highest BCUT2D eigenvalue weighted by atomic mass is 16.7. The summed E-state index contributed by atoms with van der Waals surface area (Å²) in [5, 5.41) is 0. The predicted molar refractivity (Wildman–Crippen MR) is 72.6 cm³/mol. The van der Waals surface area contributed by atoms with Crippen LogP contribution in [0, 0.1) is 11.8 Å². The summed E-state index contributed by atoms with van der Waals surface area (Å²) in [6.45, 7) is 0.679. The minimum atomic E-state index is -0.401. The van der Waals surface area contributed by atoms with Gasteiger partial charge in [0.2, 0.25) is 0 Å². The molecule has 0 aromatic heterocycles. The monoisotopic (exact) mass is 262 g/mol. The summed E-state index contributed by atoms with van der Waals surface area (Å²) in [6.07, 6.45) is 3.65. The normalized spacial score (nSPS) is 31.8. The van der Waals surface area contributed by atoms with Gasteiger partial charge in [-0.2, -0.15) is 0 Å². The predicted octanol–water partition coefficient (Wildman–Crippen LogP) is 2.99. The van der Waals surface area contributed by atoms with Crippen molar-refractivity contribution in [2.45, 2.75) is 37.8 Å². The van der Waals surface area contributed by atoms with Gasteiger partial charge in [0.25, 0.3) is 0 Å². The lowest BCUT2D eigenvalue weighted by molar-refractivity contribution is -0.241. The molecule has 1 aromatic carbocycles. The first-order valence-electron chi connectivity index (χ1n) is 7.06. The van der Waals surface area contributed by atoms with E-state index in [-0.39, 0.29) is 6.10 Å². The maximum Gasteiger partial charge on any atom is 0.175 e. The Bertz CT molecular complexity index is 413. The minimum absolute atomic E-state index is 0.263. The zero-order valence-corrected chi connectivity index (χ0v) is 11.7. The Balaban J connectivity index is 1.65. The van der Waals surface area contributed by atoms with Gasteiger partial charge in [0.15, 0.2) is 5.79 Å². The number of ether oxygens (including phenoxy) is 3. The van der Waals surface area contributed by atoms with Gasteiger partial charge in [0.05, 0.1) is 12.7 Å². The van der Waals surface area contributed by atoms with Crippen LogP contribution in [-0.2, 0) is 20.8 Å². The molecule has 2 saturated carbocycles. The topological polar surface area (TPSA) is 27.7 Å². The van der Waals surface area contributed by atoms with E-state index in [0.29, 0.717) is 18.4 Å². The third-order valence-corrected chi connectivity index (χ3v) is 4.82. The van der Waals surface area contributed by atoms with Gasteiger partial charge in [-0.05, 0) is 24.8 Å². The van der Waals surface area contributed by atoms with E-state index in [2.05, 4.69) is 12.1 Å². The number of methoxy groups -OCH3 is 2. The Kier molecular flexibility index (Phi) is 3.61. The fourth-order valence-electron chi connectivity index (χ4n) is 3.94. The highest BCUT2D eigenvalue weighted by Crippen LogP contribution is 2.55. The zero-order chi connectivity index (χ0) is 13.3. The SMILES string of the molecule is COC1(OC)C2CCC1C(OCc1ccccc1)C2. The summed E-state index contributed by atoms with van der Waals surface area (Å²) in [5.41, 5.74) is 1.23. The van der Waals surface area contributed by atoms with Gasteiger partial charge in [0, 0.05) is 26.1 Å². The molecule has 0 saturated heterocycles. The molecule has 2 bridgehead atoms. The van der Waals surface area contributed by atoms with E-state index in [9.17, 15) is 0 Å². The summed E-state index contributed by atoms with van der Waals surface area (Å²) in [6, 6.07) is 10.3. The number of hydrogen-bond donors (Lipinski definition) is 0. The van der Waals surface area contributed by atoms with Crippen LogP contribution < -0.4 is 0 Å². The van der Waals surface area contributed by atoms with Crippen molar-refractivity contribution in [2.75, 3.05) is 14.2 Å². The van der Waals surface area contributed by atoms with E-state index in [0.717, 1.165) is 12.8 Å². The lowest BCUT2D eigenvalue weighted by Crippen LogP contribution is -2.40. The van der Waals surface area contributed by atoms with Crippen molar-refractivity contribution in [2.24, 2.45) is 11.8 Å². The maximum absolute atomic E-state index is 6.12. The van der Waals surface area contributed by atoms with E-state index in [1.807, 2.05) is 18.2 Å². The molecule has 3 rings (SSSR count). The summed E-state index contributed by atoms with van der Waals surface area (Å²) < 4.78 is 17.6. The smallest absolute Gasteiger partial charge is 0.175 e. The van der Waals surface area contributed by atoms with Crippen LogP contribution >= 0.6 is 0 Å². The number of fused-ring (bicyclic) bond motifs is 2. The maximum atomic E-state index is 6.12. The number of hydrogen-bond acceptors (Lipinski definition) is 3. The van der Waals surface area contributed by atoms with E-state index in [4.69, 9.17) is 14.2 Å². The Hall–Kier alpha value is -0.900. The van der Waals surface area contributed by atoms with E-state index in [1.165, 1.54) is 12.0 Å². The van der Waals surface area contributed by atoms with Crippen LogP contribution in [0.3, 0.4) is 0 Å². The van der Waals surface area contributed by atoms with Gasteiger partial charge in [-0.1, -0.05) is 30.3 Å². The largest absolute Gasteiger partial charge is 0.373 e. The van der Waals surface area contributed by atoms with Crippen molar-refractivity contribution >= 4 is 0 Å². The first-order chi connectivity index (χ1) is 9.30. The number of rotatable bonds is 5. The van der Waals surface area contributed by atoms with E-state index >= 15 is 0 Å². The molecule has 2 fully saturated rings. The third-order valence-electron chi connectivity index (χ3n) is 4.82. The van der Waals surface area contributed by atoms with Gasteiger partial charge in [-0.25, -0.2) is 0 Å². The van der Waals surface area contributed by atoms with Gasteiger partial charge >= 0.3 is 0 Å². The summed E-state index contributed by atoms with van der Waals surface area (Å²) in [5.74, 6) is 0.450. The summed E-state index contributed by atoms with van der Waals surface area (Å²) in [7, 11) is 3.52. The molecule has 2 aliphatic rings. The zero-order valence-electron chi connectivity index (χ0n) is 11.7. The highest BCUT2D eigenvalue weighted by molar-refractivity contribution is 5.14. The molecular weight excluding hydrogens is 240 g/mol. The van der Waals surface area contributed by atoms with Crippen molar-refractivity contribution in [1.82, 2.24) is 0 Å². The standard InChI is InChI=1S/C16H22O3/c1-17-16(18-2)13-8-9-14(16)15(10-13)19-11-12-6-4-3-5-7-12/h3-7,13-15H,8-11H2,1-2H3. The Morgan fingerprint density at radius 2 is 1.84 bits per heavy atom. The molecule has 0 spiro atoms. The first kappa shape index (κ1) is 13.1. The van der Waals surface area contributed by atoms with Crippen molar-refractivity contribution < 1.29 is 14.2 Å². The average molecular weight is 262 g/mol. The van der Waals surface area contributed by atoms with Crippen molar-refractivity contribution in [1.29, 1.82) is 0 Å². The lowest BCUT2D eigenvalue weighted by atomic mass is 9.97. The van der Waals surface area contributed by atoms with Gasteiger partial charge in [0.1, 0.15) is 0 Å². The van der Waals surface area contributed by atoms with Crippen LogP contribution in [0.5, 0.6) is 0 Å². The highest BCUT2D eigenvalue weighted by Gasteiger charge is 2.60. The van der Waals surface area contributed by atoms with Crippen LogP contribution in [0.4, 0.5) is 0 Å². The van der Waals surface area contributed by atoms with Crippen LogP contribution in [0.1, 0.15) is 24.8 Å². The molecule has 0 amide bonds. The summed E-state index contributed by atoms with van der Waals surface area (Å²) >= 11 is 0. The van der Waals surface area contributed by atoms with Crippen molar-refractivity contribution in [3.63, 3.8) is 0 Å². The van der Waals surface area contributed by atoms with Crippen LogP contribution in [0.2, 0.25) is 0 Å². The van der Waals surface area contributed by atoms with E-state index in [1.54, 1.807) is 14.2 Å². The van der Waals surface area contributed by atoms with E-state index < -0.39 is 5.79 Å². The molecular formula is C16H22O3. The quantitative estimate of drug-likeness (QED) is 0.763. The van der Waals surface area contributed by atoms with Crippen molar-refractivity contribution in [3.8, 4) is 0 Å². The lowest BCUT2D eigenvalue weighted by Gasteiger charge is -2.32. The molecule has 2 aliphatic carbocycles. The molecule has 3 nitrogen and oxygen atoms in total. The Labute approximate surface area is 114 Å². The Morgan fingerprint density at radius 3 is 2.47 bits per heavy atom. The molecule has 0 N–H and O–H groups in total. The molecule has 0 heterocycles. The van der Waals surface area contributed by atoms with Crippen molar-refractivity contribution in [3.05, 3.63) is 35.9 Å². The second kappa shape index (κ2) is 5.23. The molecule has 3 heteroatoms. The fourth-order valence-corrected chi connectivity index (χ4v) is 3.94. The molecule has 0 aliphatic heterocycles. The van der Waals surface area contributed by atoms with Gasteiger partial charge in [-0.3, -0.25) is 0 Å². The molecule has 0 radical (unpaired) electrons. The molecule has 1 aromatic rings. The second-order valence-electron chi connectivity index (χ2n) is 5.58. The van der Waals surface area contributed by atoms with Crippen LogP contribution in [0.25, 0.3) is 0 Å². The van der Waals surface area contributed by atoms with Gasteiger partial charge < -0.3 is 14.2 Å². The third kappa shape index (κ3) is 2.10. The van der Waals surface area contributed by atoms with Crippen LogP contribution in [-0.4, -0.2) is 26.1 Å². The molecule has 3 atom stereocenters. The minimum Gasteiger partial charge on any atom is -0.373 e. The van der Waals surface area contributed by atoms with Gasteiger partial charge in [-0.15, -0.1) is 0 Å². The first-order valence-corrected chi connectivity index (χ1v) is 7.06. The summed E-state index contributed by atoms with van der Waals surface area (Å²) in [4.78, 5) is 0. The molecule has 104 valence electrons. The number of benzene rings is 1. The fraction of sp³-hybridized carbons (Fsp3) is 0.625. The van der Waals surface area contributed by atoms with Crippen LogP contribution in [0.15, 0.2) is 30.3 Å². The molecule has 19 heavy (non-hydrogen) atoms. The Morgan fingerprint density at radius 1 is 1.11 bits per heavy atom. The average Bonchev–Trinajstić information content (AvgIpc) is 2.98.